The molecular weight excluding hydrogens is 367 g/mol. The first kappa shape index (κ1) is 18.5. The van der Waals surface area contributed by atoms with Crippen LogP contribution in [0, 0.1) is 17.7 Å². The Morgan fingerprint density at radius 1 is 1.15 bits per heavy atom. The van der Waals surface area contributed by atoms with Crippen LogP contribution in [-0.4, -0.2) is 34.9 Å². The molecule has 2 aliphatic heterocycles. The number of carbonyl (C=O) groups excluding carboxylic acids is 3. The molecule has 1 aromatic rings. The highest BCUT2D eigenvalue weighted by Crippen LogP contribution is 2.39. The van der Waals surface area contributed by atoms with Crippen molar-refractivity contribution in [3.63, 3.8) is 0 Å². The van der Waals surface area contributed by atoms with Gasteiger partial charge in [0.1, 0.15) is 5.82 Å². The van der Waals surface area contributed by atoms with Gasteiger partial charge in [0.2, 0.25) is 17.7 Å². The molecule has 0 radical (unpaired) electrons. The van der Waals surface area contributed by atoms with Gasteiger partial charge in [-0.15, -0.1) is 11.8 Å². The lowest BCUT2D eigenvalue weighted by molar-refractivity contribution is -0.140. The fourth-order valence-electron chi connectivity index (χ4n) is 4.47. The van der Waals surface area contributed by atoms with E-state index in [9.17, 15) is 18.8 Å². The predicted octanol–water partition coefficient (Wildman–Crippen LogP) is 3.04. The summed E-state index contributed by atoms with van der Waals surface area (Å²) in [5, 5.41) is 2.95. The van der Waals surface area contributed by atoms with Gasteiger partial charge in [0.05, 0.1) is 17.9 Å². The largest absolute Gasteiger partial charge is 0.349 e. The summed E-state index contributed by atoms with van der Waals surface area (Å²) < 4.78 is 14.0. The van der Waals surface area contributed by atoms with Crippen molar-refractivity contribution < 1.29 is 18.8 Å². The summed E-state index contributed by atoms with van der Waals surface area (Å²) in [6.45, 7) is 0.133. The van der Waals surface area contributed by atoms with E-state index >= 15 is 0 Å². The molecule has 3 atom stereocenters. The summed E-state index contributed by atoms with van der Waals surface area (Å²) in [6, 6.07) is 4.70. The first-order valence-corrected chi connectivity index (χ1v) is 10.6. The van der Waals surface area contributed by atoms with Gasteiger partial charge in [-0.1, -0.05) is 25.0 Å². The number of hydrogen-bond acceptors (Lipinski definition) is 4. The van der Waals surface area contributed by atoms with E-state index in [1.54, 1.807) is 6.07 Å². The van der Waals surface area contributed by atoms with Crippen LogP contribution in [0.2, 0.25) is 0 Å². The van der Waals surface area contributed by atoms with Crippen molar-refractivity contribution in [2.75, 3.05) is 12.3 Å². The molecule has 3 amide bonds. The van der Waals surface area contributed by atoms with E-state index in [0.717, 1.165) is 43.4 Å². The maximum atomic E-state index is 14.0. The summed E-state index contributed by atoms with van der Waals surface area (Å²) in [7, 11) is 0. The Bertz CT molecular complexity index is 760. The maximum Gasteiger partial charge on any atom is 0.233 e. The normalized spacial score (nSPS) is 27.3. The molecule has 0 aromatic heterocycles. The molecule has 7 heteroatoms. The fraction of sp³-hybridized carbons (Fsp3) is 0.550. The molecule has 1 N–H and O–H groups in total. The molecule has 3 aliphatic rings. The Balaban J connectivity index is 1.37. The third-order valence-corrected chi connectivity index (χ3v) is 7.02. The van der Waals surface area contributed by atoms with Crippen LogP contribution >= 0.6 is 11.8 Å². The average molecular weight is 390 g/mol. The van der Waals surface area contributed by atoms with Gasteiger partial charge in [0, 0.05) is 23.6 Å². The zero-order valence-corrected chi connectivity index (χ0v) is 15.9. The molecule has 2 heterocycles. The Labute approximate surface area is 162 Å². The van der Waals surface area contributed by atoms with E-state index in [4.69, 9.17) is 0 Å². The van der Waals surface area contributed by atoms with Crippen LogP contribution in [0.5, 0.6) is 0 Å². The number of carbonyl (C=O) groups is 3. The molecule has 5 nitrogen and oxygen atoms in total. The van der Waals surface area contributed by atoms with Crippen LogP contribution in [0.1, 0.15) is 50.1 Å². The number of imide groups is 1. The van der Waals surface area contributed by atoms with E-state index in [0.29, 0.717) is 4.90 Å². The summed E-state index contributed by atoms with van der Waals surface area (Å²) in [5.74, 6) is -0.312. The number of thioether (sulfide) groups is 1. The lowest BCUT2D eigenvalue weighted by Crippen LogP contribution is -2.37. The summed E-state index contributed by atoms with van der Waals surface area (Å²) in [4.78, 5) is 39.3. The van der Waals surface area contributed by atoms with Gasteiger partial charge in [0.15, 0.2) is 0 Å². The first-order valence-electron chi connectivity index (χ1n) is 9.62. The summed E-state index contributed by atoms with van der Waals surface area (Å²) >= 11 is 1.47. The molecular formula is C20H23FN2O3S. The SMILES string of the molecule is O=C(CCN1C(=O)[C@H]2CCCC[C@H]2C1=O)N[C@@H]1CCSc2c(F)cccc21. The lowest BCUT2D eigenvalue weighted by Gasteiger charge is -2.26. The Morgan fingerprint density at radius 3 is 2.56 bits per heavy atom. The number of likely N-dealkylation sites (tertiary alicyclic amines) is 1. The van der Waals surface area contributed by atoms with Gasteiger partial charge in [-0.3, -0.25) is 19.3 Å². The lowest BCUT2D eigenvalue weighted by atomic mass is 9.81. The van der Waals surface area contributed by atoms with E-state index in [1.165, 1.54) is 22.7 Å². The second kappa shape index (κ2) is 7.62. The van der Waals surface area contributed by atoms with Crippen molar-refractivity contribution in [2.24, 2.45) is 11.8 Å². The van der Waals surface area contributed by atoms with Crippen molar-refractivity contribution in [1.29, 1.82) is 0 Å². The highest BCUT2D eigenvalue weighted by Gasteiger charge is 2.47. The average Bonchev–Trinajstić information content (AvgIpc) is 2.92. The third-order valence-electron chi connectivity index (χ3n) is 5.86. The molecule has 144 valence electrons. The quantitative estimate of drug-likeness (QED) is 0.803. The van der Waals surface area contributed by atoms with Crippen molar-refractivity contribution in [2.45, 2.75) is 49.5 Å². The Hall–Kier alpha value is -1.89. The molecule has 2 fully saturated rings. The molecule has 1 saturated heterocycles. The first-order chi connectivity index (χ1) is 13.1. The minimum atomic E-state index is -0.257. The van der Waals surface area contributed by atoms with Gasteiger partial charge < -0.3 is 5.32 Å². The third kappa shape index (κ3) is 3.49. The van der Waals surface area contributed by atoms with E-state index in [-0.39, 0.29) is 54.4 Å². The second-order valence-electron chi connectivity index (χ2n) is 7.49. The second-order valence-corrected chi connectivity index (χ2v) is 8.60. The van der Waals surface area contributed by atoms with Gasteiger partial charge >= 0.3 is 0 Å². The molecule has 4 rings (SSSR count). The van der Waals surface area contributed by atoms with Crippen molar-refractivity contribution in [3.05, 3.63) is 29.6 Å². The van der Waals surface area contributed by atoms with Gasteiger partial charge in [0.25, 0.3) is 0 Å². The number of nitrogens with zero attached hydrogens (tertiary/aromatic N) is 1. The van der Waals surface area contributed by atoms with Crippen LogP contribution in [0.3, 0.4) is 0 Å². The van der Waals surface area contributed by atoms with Crippen LogP contribution < -0.4 is 5.32 Å². The Morgan fingerprint density at radius 2 is 1.85 bits per heavy atom. The fourth-order valence-corrected chi connectivity index (χ4v) is 5.61. The van der Waals surface area contributed by atoms with E-state index in [1.807, 2.05) is 6.07 Å². The number of rotatable bonds is 4. The number of amides is 3. The predicted molar refractivity (Wildman–Crippen MR) is 99.4 cm³/mol. The molecule has 0 unspecified atom stereocenters. The smallest absolute Gasteiger partial charge is 0.233 e. The highest BCUT2D eigenvalue weighted by molar-refractivity contribution is 7.99. The summed E-state index contributed by atoms with van der Waals surface area (Å²) in [5.41, 5.74) is 0.805. The number of hydrogen-bond donors (Lipinski definition) is 1. The molecule has 27 heavy (non-hydrogen) atoms. The monoisotopic (exact) mass is 390 g/mol. The molecule has 1 aromatic carbocycles. The summed E-state index contributed by atoms with van der Waals surface area (Å²) in [6.07, 6.45) is 4.36. The standard InChI is InChI=1S/C20H23FN2O3S/c21-15-7-3-6-14-16(9-11-27-18(14)15)22-17(24)8-10-23-19(25)12-4-1-2-5-13(12)20(23)26/h3,6-7,12-13,16H,1-2,4-5,8-11H2,(H,22,24)/t12-,13+,16-/m1/s1. The van der Waals surface area contributed by atoms with Gasteiger partial charge in [-0.05, 0) is 30.9 Å². The minimum Gasteiger partial charge on any atom is -0.349 e. The highest BCUT2D eigenvalue weighted by atomic mass is 32.2. The van der Waals surface area contributed by atoms with Crippen molar-refractivity contribution in [3.8, 4) is 0 Å². The van der Waals surface area contributed by atoms with Gasteiger partial charge in [-0.25, -0.2) is 4.39 Å². The van der Waals surface area contributed by atoms with Crippen LogP contribution in [0.25, 0.3) is 0 Å². The maximum absolute atomic E-state index is 14.0. The Kier molecular flexibility index (Phi) is 5.21. The zero-order valence-electron chi connectivity index (χ0n) is 15.1. The number of nitrogens with one attached hydrogen (secondary N) is 1. The number of fused-ring (bicyclic) bond motifs is 2. The topological polar surface area (TPSA) is 66.5 Å². The van der Waals surface area contributed by atoms with Crippen LogP contribution in [0.4, 0.5) is 4.39 Å². The zero-order chi connectivity index (χ0) is 19.0. The van der Waals surface area contributed by atoms with E-state index in [2.05, 4.69) is 5.32 Å². The van der Waals surface area contributed by atoms with Gasteiger partial charge in [-0.2, -0.15) is 0 Å². The number of halogens is 1. The van der Waals surface area contributed by atoms with Crippen molar-refractivity contribution >= 4 is 29.5 Å². The van der Waals surface area contributed by atoms with Crippen LogP contribution in [-0.2, 0) is 14.4 Å². The van der Waals surface area contributed by atoms with E-state index < -0.39 is 0 Å². The van der Waals surface area contributed by atoms with Crippen molar-refractivity contribution in [1.82, 2.24) is 10.2 Å². The molecule has 0 bridgehead atoms. The minimum absolute atomic E-state index is 0.0885. The van der Waals surface area contributed by atoms with Crippen LogP contribution in [0.15, 0.2) is 23.1 Å². The molecule has 0 spiro atoms. The number of benzene rings is 1. The molecule has 1 aliphatic carbocycles. The molecule has 1 saturated carbocycles.